The molecule has 38 heavy (non-hydrogen) atoms. The average molecular weight is 517 g/mol. The van der Waals surface area contributed by atoms with E-state index in [0.29, 0.717) is 17.9 Å². The fourth-order valence-corrected chi connectivity index (χ4v) is 6.57. The molecule has 1 unspecified atom stereocenters. The Labute approximate surface area is 228 Å². The standard InChI is InChI=1S/C31H44N6O/c1-4-36-15-17-37(18-16-36)26-8-5-22(6-9-26)24-7-10-28(35-30(38)29-33-21-25(20-32)34-29)27(19-24)23-11-13-31(2,3)14-12-23/h7,10-11,19,22,25-26H,4-6,8-9,12-18,21H2,1-3H3,(H,33,34)(H,35,38). The number of likely N-dealkylation sites (N-methyl/N-ethyl adjacent to an activating group) is 1. The summed E-state index contributed by atoms with van der Waals surface area (Å²) in [6, 6.07) is 9.01. The second-order valence-electron chi connectivity index (χ2n) is 12.3. The van der Waals surface area contributed by atoms with Gasteiger partial charge in [-0.3, -0.25) is 9.69 Å². The molecule has 1 atom stereocenters. The van der Waals surface area contributed by atoms with Crippen molar-refractivity contribution in [2.45, 2.75) is 83.7 Å². The number of amidine groups is 1. The van der Waals surface area contributed by atoms with Crippen molar-refractivity contribution in [3.05, 3.63) is 35.4 Å². The average Bonchev–Trinajstić information content (AvgIpc) is 3.43. The van der Waals surface area contributed by atoms with Gasteiger partial charge in [0, 0.05) is 43.5 Å². The Morgan fingerprint density at radius 3 is 2.58 bits per heavy atom. The van der Waals surface area contributed by atoms with Gasteiger partial charge in [-0.1, -0.05) is 32.9 Å². The monoisotopic (exact) mass is 516 g/mol. The molecule has 0 aromatic heterocycles. The van der Waals surface area contributed by atoms with Gasteiger partial charge in [0.1, 0.15) is 0 Å². The number of carbonyl (C=O) groups is 1. The molecule has 7 heteroatoms. The summed E-state index contributed by atoms with van der Waals surface area (Å²) in [4.78, 5) is 22.5. The third-order valence-electron chi connectivity index (χ3n) is 9.26. The Hall–Kier alpha value is -2.69. The molecular formula is C31H44N6O. The molecule has 1 saturated heterocycles. The van der Waals surface area contributed by atoms with E-state index in [4.69, 9.17) is 5.26 Å². The minimum Gasteiger partial charge on any atom is -0.362 e. The maximum absolute atomic E-state index is 13.0. The number of nitrogens with zero attached hydrogens (tertiary/aromatic N) is 4. The van der Waals surface area contributed by atoms with E-state index in [9.17, 15) is 4.79 Å². The summed E-state index contributed by atoms with van der Waals surface area (Å²) >= 11 is 0. The van der Waals surface area contributed by atoms with Gasteiger partial charge < -0.3 is 15.5 Å². The number of allylic oxidation sites excluding steroid dienone is 2. The minimum absolute atomic E-state index is 0.253. The number of amides is 1. The van der Waals surface area contributed by atoms with E-state index < -0.39 is 6.04 Å². The topological polar surface area (TPSA) is 83.8 Å². The van der Waals surface area contributed by atoms with E-state index in [0.717, 1.165) is 43.1 Å². The van der Waals surface area contributed by atoms with Crippen LogP contribution >= 0.6 is 0 Å². The van der Waals surface area contributed by atoms with E-state index in [1.54, 1.807) is 0 Å². The highest BCUT2D eigenvalue weighted by Crippen LogP contribution is 2.42. The molecule has 0 bridgehead atoms. The van der Waals surface area contributed by atoms with E-state index in [-0.39, 0.29) is 11.7 Å². The zero-order valence-electron chi connectivity index (χ0n) is 23.4. The van der Waals surface area contributed by atoms with Crippen LogP contribution in [-0.4, -0.2) is 72.9 Å². The Kier molecular flexibility index (Phi) is 8.20. The van der Waals surface area contributed by atoms with Crippen molar-refractivity contribution in [3.63, 3.8) is 0 Å². The normalized spacial score (nSPS) is 28.1. The summed E-state index contributed by atoms with van der Waals surface area (Å²) in [5.41, 5.74) is 5.05. The lowest BCUT2D eigenvalue weighted by atomic mass is 9.76. The van der Waals surface area contributed by atoms with Crippen LogP contribution in [0.3, 0.4) is 0 Å². The van der Waals surface area contributed by atoms with Crippen molar-refractivity contribution in [1.29, 1.82) is 5.26 Å². The van der Waals surface area contributed by atoms with Gasteiger partial charge in [-0.25, -0.2) is 4.99 Å². The van der Waals surface area contributed by atoms with Gasteiger partial charge in [0.15, 0.2) is 11.9 Å². The molecule has 0 spiro atoms. The molecule has 2 fully saturated rings. The van der Waals surface area contributed by atoms with Crippen molar-refractivity contribution < 1.29 is 4.79 Å². The van der Waals surface area contributed by atoms with Gasteiger partial charge in [0.25, 0.3) is 5.91 Å². The second kappa shape index (κ2) is 11.6. The maximum atomic E-state index is 13.0. The van der Waals surface area contributed by atoms with Crippen LogP contribution in [0.2, 0.25) is 0 Å². The third-order valence-corrected chi connectivity index (χ3v) is 9.26. The molecule has 2 aliphatic carbocycles. The zero-order valence-corrected chi connectivity index (χ0v) is 23.4. The lowest BCUT2D eigenvalue weighted by molar-refractivity contribution is -0.110. The molecule has 2 N–H and O–H groups in total. The highest BCUT2D eigenvalue weighted by Gasteiger charge is 2.30. The van der Waals surface area contributed by atoms with Gasteiger partial charge in [0.2, 0.25) is 0 Å². The fraction of sp³-hybridized carbons (Fsp3) is 0.645. The van der Waals surface area contributed by atoms with Crippen molar-refractivity contribution in [2.24, 2.45) is 10.4 Å². The number of hydrogen-bond donors (Lipinski definition) is 2. The van der Waals surface area contributed by atoms with Crippen molar-refractivity contribution in [2.75, 3.05) is 44.6 Å². The first-order valence-electron chi connectivity index (χ1n) is 14.7. The predicted octanol–water partition coefficient (Wildman–Crippen LogP) is 4.78. The summed E-state index contributed by atoms with van der Waals surface area (Å²) in [7, 11) is 0. The number of nitrogens with one attached hydrogen (secondary N) is 2. The lowest BCUT2D eigenvalue weighted by Gasteiger charge is -2.42. The second-order valence-corrected chi connectivity index (χ2v) is 12.3. The first kappa shape index (κ1) is 26.9. The predicted molar refractivity (Wildman–Crippen MR) is 154 cm³/mol. The highest BCUT2D eigenvalue weighted by molar-refractivity contribution is 6.42. The van der Waals surface area contributed by atoms with Gasteiger partial charge in [-0.15, -0.1) is 0 Å². The largest absolute Gasteiger partial charge is 0.362 e. The quantitative estimate of drug-likeness (QED) is 0.569. The van der Waals surface area contributed by atoms with Crippen LogP contribution < -0.4 is 10.6 Å². The third kappa shape index (κ3) is 6.13. The molecule has 0 radical (unpaired) electrons. The Bertz CT molecular complexity index is 1120. The number of rotatable bonds is 6. The molecule has 1 amide bonds. The summed E-state index contributed by atoms with van der Waals surface area (Å²) in [5, 5.41) is 15.2. The van der Waals surface area contributed by atoms with E-state index >= 15 is 0 Å². The van der Waals surface area contributed by atoms with Gasteiger partial charge in [-0.2, -0.15) is 5.26 Å². The Morgan fingerprint density at radius 2 is 1.95 bits per heavy atom. The SMILES string of the molecule is CCN1CCN(C2CCC(c3ccc(NC(=O)C4=NC(C#N)CN4)c(C4=CCC(C)(C)CC4)c3)CC2)CC1. The number of piperazine rings is 1. The van der Waals surface area contributed by atoms with Crippen LogP contribution in [0.25, 0.3) is 5.57 Å². The number of hydrogen-bond acceptors (Lipinski definition) is 6. The van der Waals surface area contributed by atoms with Gasteiger partial charge in [0.05, 0.1) is 12.6 Å². The van der Waals surface area contributed by atoms with Crippen LogP contribution in [-0.2, 0) is 4.79 Å². The van der Waals surface area contributed by atoms with Crippen LogP contribution in [0.4, 0.5) is 5.69 Å². The van der Waals surface area contributed by atoms with E-state index in [1.165, 1.54) is 63.0 Å². The number of benzene rings is 1. The zero-order chi connectivity index (χ0) is 26.7. The lowest BCUT2D eigenvalue weighted by Crippen LogP contribution is -2.50. The molecule has 4 aliphatic rings. The van der Waals surface area contributed by atoms with Crippen LogP contribution in [0, 0.1) is 16.7 Å². The molecule has 5 rings (SSSR count). The Morgan fingerprint density at radius 1 is 1.18 bits per heavy atom. The molecule has 1 aromatic carbocycles. The molecule has 2 aliphatic heterocycles. The number of anilines is 1. The first-order valence-corrected chi connectivity index (χ1v) is 14.7. The molecule has 204 valence electrons. The molecule has 1 aromatic rings. The molecule has 1 saturated carbocycles. The Balaban J connectivity index is 1.31. The van der Waals surface area contributed by atoms with Crippen molar-refractivity contribution in [1.82, 2.24) is 15.1 Å². The first-order chi connectivity index (χ1) is 18.3. The van der Waals surface area contributed by atoms with Gasteiger partial charge >= 0.3 is 0 Å². The maximum Gasteiger partial charge on any atom is 0.290 e. The molecule has 2 heterocycles. The number of carbonyl (C=O) groups excluding carboxylic acids is 1. The molecular weight excluding hydrogens is 472 g/mol. The summed E-state index contributed by atoms with van der Waals surface area (Å²) < 4.78 is 0. The summed E-state index contributed by atoms with van der Waals surface area (Å²) in [5.74, 6) is 0.560. The number of aliphatic imine (C=N–C) groups is 1. The molecule has 7 nitrogen and oxygen atoms in total. The van der Waals surface area contributed by atoms with Crippen LogP contribution in [0.5, 0.6) is 0 Å². The summed E-state index contributed by atoms with van der Waals surface area (Å²) in [6.07, 6.45) is 10.6. The van der Waals surface area contributed by atoms with Gasteiger partial charge in [-0.05, 0) is 86.1 Å². The highest BCUT2D eigenvalue weighted by atomic mass is 16.2. The minimum atomic E-state index is -0.494. The van der Waals surface area contributed by atoms with Crippen molar-refractivity contribution in [3.8, 4) is 6.07 Å². The van der Waals surface area contributed by atoms with E-state index in [1.807, 2.05) is 0 Å². The van der Waals surface area contributed by atoms with Crippen LogP contribution in [0.15, 0.2) is 29.3 Å². The smallest absolute Gasteiger partial charge is 0.290 e. The van der Waals surface area contributed by atoms with Crippen LogP contribution in [0.1, 0.15) is 82.8 Å². The fourth-order valence-electron chi connectivity index (χ4n) is 6.57. The summed E-state index contributed by atoms with van der Waals surface area (Å²) in [6.45, 7) is 13.3. The van der Waals surface area contributed by atoms with E-state index in [2.05, 4.69) is 76.5 Å². The number of nitriles is 1. The van der Waals surface area contributed by atoms with Crippen molar-refractivity contribution >= 4 is 23.0 Å².